The second-order valence-corrected chi connectivity index (χ2v) is 7.10. The Morgan fingerprint density at radius 2 is 2.00 bits per heavy atom. The Morgan fingerprint density at radius 1 is 1.28 bits per heavy atom. The zero-order chi connectivity index (χ0) is 21.3. The van der Waals surface area contributed by atoms with Gasteiger partial charge in [0.2, 0.25) is 5.91 Å². The minimum atomic E-state index is -0.740. The van der Waals surface area contributed by atoms with Crippen LogP contribution in [0, 0.1) is 22.9 Å². The van der Waals surface area contributed by atoms with E-state index in [2.05, 4.69) is 15.5 Å². The van der Waals surface area contributed by atoms with Crippen LogP contribution in [0.2, 0.25) is 15.1 Å². The first-order chi connectivity index (χ1) is 13.7. The highest BCUT2D eigenvalue weighted by Crippen LogP contribution is 2.27. The van der Waals surface area contributed by atoms with E-state index in [0.29, 0.717) is 0 Å². The molecule has 152 valence electrons. The number of benzene rings is 1. The quantitative estimate of drug-likeness (QED) is 0.439. The van der Waals surface area contributed by atoms with Gasteiger partial charge >= 0.3 is 5.82 Å². The molecule has 0 aliphatic heterocycles. The average molecular weight is 462 g/mol. The minimum absolute atomic E-state index is 0.00115. The zero-order valence-electron chi connectivity index (χ0n) is 14.7. The third kappa shape index (κ3) is 4.50. The fourth-order valence-corrected chi connectivity index (χ4v) is 3.12. The summed E-state index contributed by atoms with van der Waals surface area (Å²) in [7, 11) is 0. The van der Waals surface area contributed by atoms with E-state index in [1.165, 1.54) is 29.9 Å². The van der Waals surface area contributed by atoms with Crippen molar-refractivity contribution >= 4 is 52.3 Å². The predicted molar refractivity (Wildman–Crippen MR) is 105 cm³/mol. The van der Waals surface area contributed by atoms with Crippen molar-refractivity contribution in [2.45, 2.75) is 20.0 Å². The summed E-state index contributed by atoms with van der Waals surface area (Å²) in [5.41, 5.74) is 0.486. The summed E-state index contributed by atoms with van der Waals surface area (Å²) in [6, 6.07) is 4.30. The number of amides is 1. The van der Waals surface area contributed by atoms with E-state index in [1.54, 1.807) is 6.07 Å². The van der Waals surface area contributed by atoms with E-state index >= 15 is 0 Å². The van der Waals surface area contributed by atoms with Crippen LogP contribution in [0.15, 0.2) is 24.4 Å². The fraction of sp³-hybridized carbons (Fsp3) is 0.188. The van der Waals surface area contributed by atoms with Crippen molar-refractivity contribution in [1.29, 1.82) is 0 Å². The van der Waals surface area contributed by atoms with Crippen molar-refractivity contribution in [3.63, 3.8) is 0 Å². The largest absolute Gasteiger partial charge is 0.408 e. The molecule has 2 aromatic heterocycles. The Balaban J connectivity index is 1.74. The van der Waals surface area contributed by atoms with Gasteiger partial charge in [-0.3, -0.25) is 9.48 Å². The van der Waals surface area contributed by atoms with Gasteiger partial charge in [0.1, 0.15) is 17.4 Å². The van der Waals surface area contributed by atoms with E-state index in [-0.39, 0.29) is 45.2 Å². The molecule has 3 aromatic rings. The van der Waals surface area contributed by atoms with Gasteiger partial charge in [0.15, 0.2) is 10.8 Å². The van der Waals surface area contributed by atoms with Crippen LogP contribution in [0.1, 0.15) is 11.3 Å². The van der Waals surface area contributed by atoms with Gasteiger partial charge in [-0.2, -0.15) is 9.78 Å². The Bertz CT molecular complexity index is 1090. The maximum Gasteiger partial charge on any atom is 0.408 e. The number of carbonyl (C=O) groups is 1. The fourth-order valence-electron chi connectivity index (χ4n) is 2.49. The lowest BCUT2D eigenvalue weighted by Crippen LogP contribution is -2.21. The van der Waals surface area contributed by atoms with Crippen LogP contribution < -0.4 is 5.32 Å². The molecule has 3 rings (SSSR count). The lowest BCUT2D eigenvalue weighted by Gasteiger charge is -2.06. The first kappa shape index (κ1) is 21.0. The summed E-state index contributed by atoms with van der Waals surface area (Å²) in [6.45, 7) is 1.15. The van der Waals surface area contributed by atoms with E-state index in [0.717, 1.165) is 4.68 Å². The molecule has 0 saturated carbocycles. The molecule has 13 heteroatoms. The van der Waals surface area contributed by atoms with Gasteiger partial charge in [-0.15, -0.1) is 0 Å². The summed E-state index contributed by atoms with van der Waals surface area (Å²) in [6.07, 6.45) is 1.40. The Hall–Kier alpha value is -2.69. The molecule has 1 N–H and O–H groups in total. The Morgan fingerprint density at radius 3 is 2.62 bits per heavy atom. The lowest BCUT2D eigenvalue weighted by atomic mass is 10.2. The molecular formula is C16H12Cl3FN6O3. The molecule has 0 aliphatic rings. The van der Waals surface area contributed by atoms with Gasteiger partial charge in [-0.05, 0) is 24.0 Å². The summed E-state index contributed by atoms with van der Waals surface area (Å²) >= 11 is 17.9. The number of hydrogen-bond donors (Lipinski definition) is 1. The van der Waals surface area contributed by atoms with Crippen LogP contribution in [0.5, 0.6) is 0 Å². The van der Waals surface area contributed by atoms with Crippen LogP contribution in [-0.2, 0) is 17.9 Å². The Kier molecular flexibility index (Phi) is 6.06. The molecule has 0 aliphatic carbocycles. The van der Waals surface area contributed by atoms with Crippen molar-refractivity contribution in [2.24, 2.45) is 0 Å². The predicted octanol–water partition coefficient (Wildman–Crippen LogP) is 4.08. The number of nitrogens with one attached hydrogen (secondary N) is 1. The van der Waals surface area contributed by atoms with Crippen molar-refractivity contribution in [3.05, 3.63) is 66.7 Å². The van der Waals surface area contributed by atoms with E-state index < -0.39 is 22.5 Å². The van der Waals surface area contributed by atoms with Crippen LogP contribution in [0.4, 0.5) is 16.0 Å². The smallest absolute Gasteiger partial charge is 0.358 e. The molecular weight excluding hydrogens is 450 g/mol. The number of nitro groups is 1. The van der Waals surface area contributed by atoms with Gasteiger partial charge in [-0.25, -0.2) is 4.39 Å². The number of carbonyl (C=O) groups excluding carboxylic acids is 1. The maximum absolute atomic E-state index is 13.9. The summed E-state index contributed by atoms with van der Waals surface area (Å²) < 4.78 is 16.3. The molecule has 0 atom stereocenters. The molecule has 0 unspecified atom stereocenters. The van der Waals surface area contributed by atoms with Crippen molar-refractivity contribution < 1.29 is 14.1 Å². The second-order valence-electron chi connectivity index (χ2n) is 5.91. The number of rotatable bonds is 6. The third-order valence-corrected chi connectivity index (χ3v) is 5.01. The minimum Gasteiger partial charge on any atom is -0.358 e. The summed E-state index contributed by atoms with van der Waals surface area (Å²) in [5.74, 6) is -1.59. The standard InChI is InChI=1S/C16H12Cl3FN6O3/c1-8-14(19)16(26(28)29)23-25(8)7-13(27)21-15-11(18)6-24(22-15)5-9-10(17)3-2-4-12(9)20/h2-4,6H,5,7H2,1H3,(H,21,22,27). The lowest BCUT2D eigenvalue weighted by molar-refractivity contribution is -0.389. The van der Waals surface area contributed by atoms with Crippen LogP contribution in [-0.4, -0.2) is 30.4 Å². The SMILES string of the molecule is Cc1c(Cl)c([N+](=O)[O-])nn1CC(=O)Nc1nn(Cc2c(F)cccc2Cl)cc1Cl. The molecule has 0 fully saturated rings. The molecule has 0 radical (unpaired) electrons. The van der Waals surface area contributed by atoms with Crippen LogP contribution >= 0.6 is 34.8 Å². The number of anilines is 1. The summed E-state index contributed by atoms with van der Waals surface area (Å²) in [4.78, 5) is 22.4. The molecule has 0 bridgehead atoms. The topological polar surface area (TPSA) is 108 Å². The second kappa shape index (κ2) is 8.36. The molecule has 0 spiro atoms. The maximum atomic E-state index is 13.9. The van der Waals surface area contributed by atoms with Crippen molar-refractivity contribution in [2.75, 3.05) is 5.32 Å². The van der Waals surface area contributed by atoms with Crippen molar-refractivity contribution in [3.8, 4) is 0 Å². The van der Waals surface area contributed by atoms with E-state index in [4.69, 9.17) is 34.8 Å². The highest BCUT2D eigenvalue weighted by Gasteiger charge is 2.25. The number of aromatic nitrogens is 4. The monoisotopic (exact) mass is 460 g/mol. The first-order valence-electron chi connectivity index (χ1n) is 8.00. The van der Waals surface area contributed by atoms with Gasteiger partial charge in [0.05, 0.1) is 17.3 Å². The van der Waals surface area contributed by atoms with Crippen molar-refractivity contribution in [1.82, 2.24) is 19.6 Å². The molecule has 9 nitrogen and oxygen atoms in total. The van der Waals surface area contributed by atoms with E-state index in [9.17, 15) is 19.3 Å². The average Bonchev–Trinajstić information content (AvgIpc) is 3.12. The molecule has 1 amide bonds. The highest BCUT2D eigenvalue weighted by atomic mass is 35.5. The number of hydrogen-bond acceptors (Lipinski definition) is 5. The number of nitrogens with zero attached hydrogens (tertiary/aromatic N) is 5. The third-order valence-electron chi connectivity index (χ3n) is 3.94. The normalized spacial score (nSPS) is 10.9. The molecule has 29 heavy (non-hydrogen) atoms. The first-order valence-corrected chi connectivity index (χ1v) is 9.13. The zero-order valence-corrected chi connectivity index (χ0v) is 17.0. The molecule has 0 saturated heterocycles. The van der Waals surface area contributed by atoms with E-state index in [1.807, 2.05) is 0 Å². The highest BCUT2D eigenvalue weighted by molar-refractivity contribution is 6.33. The van der Waals surface area contributed by atoms with Crippen LogP contribution in [0.3, 0.4) is 0 Å². The molecule has 1 aromatic carbocycles. The summed E-state index contributed by atoms with van der Waals surface area (Å²) in [5, 5.41) is 21.4. The number of halogens is 4. The van der Waals surface area contributed by atoms with Gasteiger partial charge in [-0.1, -0.05) is 40.9 Å². The van der Waals surface area contributed by atoms with Gasteiger partial charge in [0.25, 0.3) is 0 Å². The Labute approximate surface area is 178 Å². The van der Waals surface area contributed by atoms with Crippen LogP contribution in [0.25, 0.3) is 0 Å². The van der Waals surface area contributed by atoms with Gasteiger partial charge in [0, 0.05) is 16.8 Å². The molecule has 2 heterocycles. The van der Waals surface area contributed by atoms with Gasteiger partial charge < -0.3 is 15.4 Å².